The maximum Gasteiger partial charge on any atom is 0.253 e. The highest BCUT2D eigenvalue weighted by atomic mass is 16.2. The fourth-order valence-electron chi connectivity index (χ4n) is 6.56. The molecule has 2 aromatic carbocycles. The van der Waals surface area contributed by atoms with Gasteiger partial charge in [0.2, 0.25) is 5.91 Å². The number of hydrogen-bond acceptors (Lipinski definition) is 3. The number of nitrogens with zero attached hydrogens (tertiary/aromatic N) is 3. The molecule has 6 rings (SSSR count). The Hall–Kier alpha value is -2.92. The molecule has 2 amide bonds. The average Bonchev–Trinajstić information content (AvgIpc) is 2.95. The van der Waals surface area contributed by atoms with Gasteiger partial charge in [0.05, 0.1) is 0 Å². The van der Waals surface area contributed by atoms with Crippen LogP contribution < -0.4 is 0 Å². The third-order valence-corrected chi connectivity index (χ3v) is 9.35. The summed E-state index contributed by atoms with van der Waals surface area (Å²) in [5, 5.41) is 0. The van der Waals surface area contributed by atoms with E-state index in [1.54, 1.807) is 0 Å². The highest BCUT2D eigenvalue weighted by Crippen LogP contribution is 2.59. The van der Waals surface area contributed by atoms with Crippen LogP contribution in [0, 0.1) is 23.2 Å². The first-order valence-electron chi connectivity index (χ1n) is 14.4. The number of benzene rings is 2. The van der Waals surface area contributed by atoms with Crippen molar-refractivity contribution in [3.63, 3.8) is 0 Å². The van der Waals surface area contributed by atoms with Gasteiger partial charge in [-0.25, -0.2) is 0 Å². The van der Waals surface area contributed by atoms with Crippen molar-refractivity contribution in [2.24, 2.45) is 23.2 Å². The van der Waals surface area contributed by atoms with Gasteiger partial charge >= 0.3 is 0 Å². The Labute approximate surface area is 228 Å². The number of allylic oxidation sites excluding steroid dienone is 1. The molecule has 0 N–H and O–H groups in total. The van der Waals surface area contributed by atoms with E-state index in [1.807, 2.05) is 61.2 Å². The van der Waals surface area contributed by atoms with Crippen molar-refractivity contribution < 1.29 is 9.59 Å². The number of hydrogen-bond donors (Lipinski definition) is 0. The Balaban J connectivity index is 1.13. The smallest absolute Gasteiger partial charge is 0.253 e. The lowest BCUT2D eigenvalue weighted by Crippen LogP contribution is -2.52. The molecule has 2 atom stereocenters. The monoisotopic (exact) mass is 513 g/mol. The molecule has 2 unspecified atom stereocenters. The van der Waals surface area contributed by atoms with Gasteiger partial charge in [-0.2, -0.15) is 0 Å². The molecule has 5 nitrogen and oxygen atoms in total. The quantitative estimate of drug-likeness (QED) is 0.433. The standard InChI is InChI=1S/C33H43N3O2/c1-24(2)31(37)36(23-28-14-15-29-22-30(28)33(29,3)4)21-18-34-16-19-35(20-17-34)32(38)27-12-10-26(11-13-27)25-8-6-5-7-9-25/h5-14,24,29-30H,15-23H2,1-4H3. The zero-order valence-corrected chi connectivity index (χ0v) is 23.5. The first kappa shape index (κ1) is 26.7. The first-order valence-corrected chi connectivity index (χ1v) is 14.4. The lowest BCUT2D eigenvalue weighted by molar-refractivity contribution is -0.134. The molecule has 0 radical (unpaired) electrons. The summed E-state index contributed by atoms with van der Waals surface area (Å²) in [6, 6.07) is 18.2. The molecule has 2 aromatic rings. The van der Waals surface area contributed by atoms with Crippen molar-refractivity contribution >= 4 is 11.8 Å². The molecule has 4 aliphatic rings. The summed E-state index contributed by atoms with van der Waals surface area (Å²) in [5.74, 6) is 1.79. The van der Waals surface area contributed by atoms with E-state index in [0.29, 0.717) is 11.3 Å². The number of carbonyl (C=O) groups is 2. The van der Waals surface area contributed by atoms with E-state index in [2.05, 4.69) is 41.9 Å². The van der Waals surface area contributed by atoms with Crippen molar-refractivity contribution in [1.29, 1.82) is 0 Å². The molecule has 1 saturated heterocycles. The van der Waals surface area contributed by atoms with Crippen molar-refractivity contribution in [2.45, 2.75) is 40.5 Å². The fourth-order valence-corrected chi connectivity index (χ4v) is 6.56. The number of amides is 2. The molecule has 0 aromatic heterocycles. The van der Waals surface area contributed by atoms with Gasteiger partial charge in [-0.3, -0.25) is 14.5 Å². The fraction of sp³-hybridized carbons (Fsp3) is 0.515. The topological polar surface area (TPSA) is 43.9 Å². The lowest BCUT2D eigenvalue weighted by Gasteiger charge is -2.57. The van der Waals surface area contributed by atoms with Crippen molar-refractivity contribution in [1.82, 2.24) is 14.7 Å². The van der Waals surface area contributed by atoms with Crippen LogP contribution in [0.3, 0.4) is 0 Å². The van der Waals surface area contributed by atoms with Crippen LogP contribution >= 0.6 is 0 Å². The van der Waals surface area contributed by atoms with Gasteiger partial charge in [-0.05, 0) is 53.4 Å². The summed E-state index contributed by atoms with van der Waals surface area (Å²) in [7, 11) is 0. The molecule has 38 heavy (non-hydrogen) atoms. The van der Waals surface area contributed by atoms with Crippen LogP contribution in [0.25, 0.3) is 11.1 Å². The van der Waals surface area contributed by atoms with Crippen LogP contribution in [0.4, 0.5) is 0 Å². The van der Waals surface area contributed by atoms with Crippen LogP contribution in [-0.2, 0) is 4.79 Å². The summed E-state index contributed by atoms with van der Waals surface area (Å²) in [5.41, 5.74) is 4.87. The average molecular weight is 514 g/mol. The number of rotatable bonds is 8. The van der Waals surface area contributed by atoms with E-state index >= 15 is 0 Å². The molecule has 2 fully saturated rings. The maximum absolute atomic E-state index is 13.1. The van der Waals surface area contributed by atoms with E-state index in [9.17, 15) is 9.59 Å². The van der Waals surface area contributed by atoms with Gasteiger partial charge < -0.3 is 9.80 Å². The molecule has 1 saturated carbocycles. The molecular weight excluding hydrogens is 470 g/mol. The van der Waals surface area contributed by atoms with Crippen LogP contribution in [0.2, 0.25) is 0 Å². The summed E-state index contributed by atoms with van der Waals surface area (Å²) in [4.78, 5) is 32.7. The first-order chi connectivity index (χ1) is 18.2. The van der Waals surface area contributed by atoms with E-state index < -0.39 is 0 Å². The Morgan fingerprint density at radius 2 is 1.61 bits per heavy atom. The van der Waals surface area contributed by atoms with E-state index in [0.717, 1.165) is 74.8 Å². The van der Waals surface area contributed by atoms with Gasteiger partial charge in [-0.1, -0.05) is 81.8 Å². The van der Waals surface area contributed by atoms with Gasteiger partial charge in [-0.15, -0.1) is 0 Å². The number of piperazine rings is 1. The molecule has 2 bridgehead atoms. The zero-order chi connectivity index (χ0) is 26.9. The minimum atomic E-state index is 0.00379. The Morgan fingerprint density at radius 3 is 2.21 bits per heavy atom. The maximum atomic E-state index is 13.1. The summed E-state index contributed by atoms with van der Waals surface area (Å²) < 4.78 is 0. The molecule has 1 heterocycles. The number of fused-ring (bicyclic) bond motifs is 1. The van der Waals surface area contributed by atoms with Gasteiger partial charge in [0.1, 0.15) is 0 Å². The van der Waals surface area contributed by atoms with Gasteiger partial charge in [0.25, 0.3) is 5.91 Å². The van der Waals surface area contributed by atoms with Gasteiger partial charge in [0.15, 0.2) is 0 Å². The second kappa shape index (κ2) is 11.1. The van der Waals surface area contributed by atoms with Crippen LogP contribution in [-0.4, -0.2) is 72.3 Å². The highest BCUT2D eigenvalue weighted by Gasteiger charge is 2.51. The lowest BCUT2D eigenvalue weighted by atomic mass is 9.49. The van der Waals surface area contributed by atoms with Crippen molar-refractivity contribution in [3.05, 3.63) is 71.8 Å². The van der Waals surface area contributed by atoms with Crippen LogP contribution in [0.5, 0.6) is 0 Å². The molecule has 3 aliphatic carbocycles. The third-order valence-electron chi connectivity index (χ3n) is 9.35. The zero-order valence-electron chi connectivity index (χ0n) is 23.5. The molecule has 0 spiro atoms. The third kappa shape index (κ3) is 5.44. The Kier molecular flexibility index (Phi) is 7.76. The van der Waals surface area contributed by atoms with Crippen LogP contribution in [0.1, 0.15) is 50.9 Å². The van der Waals surface area contributed by atoms with Crippen molar-refractivity contribution in [3.8, 4) is 11.1 Å². The summed E-state index contributed by atoms with van der Waals surface area (Å²) in [6.45, 7) is 14.3. The normalized spacial score (nSPS) is 22.6. The largest absolute Gasteiger partial charge is 0.337 e. The SMILES string of the molecule is CC(C)C(=O)N(CCN1CCN(C(=O)c2ccc(-c3ccccc3)cc2)CC1)CC1=CCC2CC1C2(C)C. The molecule has 1 aliphatic heterocycles. The predicted molar refractivity (Wildman–Crippen MR) is 154 cm³/mol. The Morgan fingerprint density at radius 1 is 0.947 bits per heavy atom. The summed E-state index contributed by atoms with van der Waals surface area (Å²) in [6.07, 6.45) is 4.86. The predicted octanol–water partition coefficient (Wildman–Crippen LogP) is 5.59. The van der Waals surface area contributed by atoms with Crippen molar-refractivity contribution in [2.75, 3.05) is 45.8 Å². The molecular formula is C33H43N3O2. The van der Waals surface area contributed by atoms with Gasteiger partial charge in [0, 0.05) is 57.3 Å². The van der Waals surface area contributed by atoms with Crippen LogP contribution in [0.15, 0.2) is 66.2 Å². The molecule has 5 heteroatoms. The highest BCUT2D eigenvalue weighted by molar-refractivity contribution is 5.94. The second-order valence-electron chi connectivity index (χ2n) is 12.3. The minimum absolute atomic E-state index is 0.00379. The minimum Gasteiger partial charge on any atom is -0.337 e. The van der Waals surface area contributed by atoms with E-state index in [-0.39, 0.29) is 17.7 Å². The van der Waals surface area contributed by atoms with E-state index in [1.165, 1.54) is 12.0 Å². The van der Waals surface area contributed by atoms with E-state index in [4.69, 9.17) is 0 Å². The number of carbonyl (C=O) groups excluding carboxylic acids is 2. The Bertz CT molecular complexity index is 1160. The molecule has 202 valence electrons. The second-order valence-corrected chi connectivity index (χ2v) is 12.3. The summed E-state index contributed by atoms with van der Waals surface area (Å²) >= 11 is 0.